The van der Waals surface area contributed by atoms with Crippen molar-refractivity contribution in [2.45, 2.75) is 25.3 Å². The van der Waals surface area contributed by atoms with Crippen LogP contribution >= 0.6 is 23.1 Å². The zero-order valence-corrected chi connectivity index (χ0v) is 14.1. The van der Waals surface area contributed by atoms with Crippen molar-refractivity contribution in [1.82, 2.24) is 10.0 Å². The summed E-state index contributed by atoms with van der Waals surface area (Å²) in [5.74, 6) is 1.29. The van der Waals surface area contributed by atoms with Crippen LogP contribution in [-0.4, -0.2) is 33.5 Å². The highest BCUT2D eigenvalue weighted by Gasteiger charge is 2.19. The van der Waals surface area contributed by atoms with Crippen LogP contribution in [0.1, 0.15) is 18.7 Å². The highest BCUT2D eigenvalue weighted by Crippen LogP contribution is 2.21. The Morgan fingerprint density at radius 3 is 2.84 bits per heavy atom. The van der Waals surface area contributed by atoms with Gasteiger partial charge in [0.05, 0.1) is 4.90 Å². The molecule has 0 aliphatic heterocycles. The summed E-state index contributed by atoms with van der Waals surface area (Å²) < 4.78 is 27.2. The lowest BCUT2D eigenvalue weighted by Gasteiger charge is -2.12. The molecule has 19 heavy (non-hydrogen) atoms. The maximum absolute atomic E-state index is 12.2. The lowest BCUT2D eigenvalue weighted by molar-refractivity contribution is 0.561. The van der Waals surface area contributed by atoms with Gasteiger partial charge in [-0.2, -0.15) is 11.8 Å². The van der Waals surface area contributed by atoms with E-state index in [-0.39, 0.29) is 0 Å². The van der Waals surface area contributed by atoms with Crippen LogP contribution in [-0.2, 0) is 16.6 Å². The number of sulfonamides is 1. The van der Waals surface area contributed by atoms with Crippen LogP contribution in [0.2, 0.25) is 0 Å². The van der Waals surface area contributed by atoms with Gasteiger partial charge < -0.3 is 5.32 Å². The molecule has 0 aliphatic rings. The number of thioether (sulfide) groups is 1. The standard InChI is InChI=1S/C12H22N2O2S3/c1-4-13-8-11-12(5-6-18-11)19(15,16)14-7-10(2)9-17-3/h5-6,10,13-14H,4,7-9H2,1-3H3. The highest BCUT2D eigenvalue weighted by molar-refractivity contribution is 7.98. The normalized spacial score (nSPS) is 13.6. The molecule has 110 valence electrons. The predicted molar refractivity (Wildman–Crippen MR) is 84.4 cm³/mol. The second kappa shape index (κ2) is 8.26. The van der Waals surface area contributed by atoms with Crippen LogP contribution in [0, 0.1) is 5.92 Å². The first kappa shape index (κ1) is 17.0. The van der Waals surface area contributed by atoms with Gasteiger partial charge in [0.1, 0.15) is 0 Å². The summed E-state index contributed by atoms with van der Waals surface area (Å²) >= 11 is 3.20. The minimum atomic E-state index is -3.38. The second-order valence-corrected chi connectivity index (χ2v) is 8.05. The molecule has 0 radical (unpaired) electrons. The van der Waals surface area contributed by atoms with Gasteiger partial charge in [-0.05, 0) is 35.9 Å². The third-order valence-corrected chi connectivity index (χ3v) is 6.06. The van der Waals surface area contributed by atoms with Crippen LogP contribution in [0.4, 0.5) is 0 Å². The van der Waals surface area contributed by atoms with E-state index in [9.17, 15) is 8.42 Å². The van der Waals surface area contributed by atoms with Crippen LogP contribution in [0.5, 0.6) is 0 Å². The molecule has 0 amide bonds. The maximum atomic E-state index is 12.2. The Bertz CT molecular complexity index is 471. The Morgan fingerprint density at radius 2 is 2.21 bits per heavy atom. The van der Waals surface area contributed by atoms with E-state index in [4.69, 9.17) is 0 Å². The molecule has 0 spiro atoms. The fourth-order valence-electron chi connectivity index (χ4n) is 1.61. The topological polar surface area (TPSA) is 58.2 Å². The van der Waals surface area contributed by atoms with Crippen LogP contribution in [0.25, 0.3) is 0 Å². The van der Waals surface area contributed by atoms with Gasteiger partial charge in [-0.15, -0.1) is 11.3 Å². The van der Waals surface area contributed by atoms with Gasteiger partial charge in [0.15, 0.2) is 0 Å². The summed E-state index contributed by atoms with van der Waals surface area (Å²) in [6.45, 7) is 5.97. The van der Waals surface area contributed by atoms with Crippen molar-refractivity contribution in [3.8, 4) is 0 Å². The van der Waals surface area contributed by atoms with Gasteiger partial charge >= 0.3 is 0 Å². The highest BCUT2D eigenvalue weighted by atomic mass is 32.2. The van der Waals surface area contributed by atoms with Crippen LogP contribution in [0.15, 0.2) is 16.3 Å². The fraction of sp³-hybridized carbons (Fsp3) is 0.667. The summed E-state index contributed by atoms with van der Waals surface area (Å²) in [7, 11) is -3.38. The van der Waals surface area contributed by atoms with Gasteiger partial charge in [0, 0.05) is 18.0 Å². The number of rotatable bonds is 9. The SMILES string of the molecule is CCNCc1sccc1S(=O)(=O)NCC(C)CSC. The molecule has 4 nitrogen and oxygen atoms in total. The molecule has 1 aromatic rings. The molecule has 1 unspecified atom stereocenters. The first-order valence-corrected chi connectivity index (χ1v) is 10.0. The molecule has 1 rings (SSSR count). The van der Waals surface area contributed by atoms with E-state index in [1.807, 2.05) is 25.5 Å². The summed E-state index contributed by atoms with van der Waals surface area (Å²) in [4.78, 5) is 1.28. The van der Waals surface area contributed by atoms with Gasteiger partial charge in [-0.3, -0.25) is 0 Å². The molecular weight excluding hydrogens is 300 g/mol. The average Bonchev–Trinajstić information content (AvgIpc) is 2.83. The minimum Gasteiger partial charge on any atom is -0.312 e. The third-order valence-electron chi connectivity index (χ3n) is 2.60. The third kappa shape index (κ3) is 5.43. The van der Waals surface area contributed by atoms with Crippen molar-refractivity contribution in [3.63, 3.8) is 0 Å². The van der Waals surface area contributed by atoms with Crippen molar-refractivity contribution in [2.24, 2.45) is 5.92 Å². The zero-order chi connectivity index (χ0) is 14.3. The van der Waals surface area contributed by atoms with Crippen molar-refractivity contribution in [3.05, 3.63) is 16.3 Å². The zero-order valence-electron chi connectivity index (χ0n) is 11.6. The molecule has 0 saturated heterocycles. The lowest BCUT2D eigenvalue weighted by Crippen LogP contribution is -2.30. The molecule has 1 aromatic heterocycles. The largest absolute Gasteiger partial charge is 0.312 e. The Kier molecular flexibility index (Phi) is 7.38. The molecule has 0 saturated carbocycles. The molecule has 0 bridgehead atoms. The van der Waals surface area contributed by atoms with E-state index in [1.165, 1.54) is 11.3 Å². The predicted octanol–water partition coefficient (Wildman–Crippen LogP) is 2.13. The van der Waals surface area contributed by atoms with Gasteiger partial charge in [-0.1, -0.05) is 13.8 Å². The molecule has 0 aromatic carbocycles. The van der Waals surface area contributed by atoms with Gasteiger partial charge in [-0.25, -0.2) is 13.1 Å². The first-order chi connectivity index (χ1) is 9.01. The quantitative estimate of drug-likeness (QED) is 0.731. The molecule has 7 heteroatoms. The summed E-state index contributed by atoms with van der Waals surface area (Å²) in [6.07, 6.45) is 2.03. The van der Waals surface area contributed by atoms with Crippen molar-refractivity contribution in [2.75, 3.05) is 25.1 Å². The number of thiophene rings is 1. The molecule has 1 heterocycles. The monoisotopic (exact) mass is 322 g/mol. The second-order valence-electron chi connectivity index (χ2n) is 4.40. The van der Waals surface area contributed by atoms with E-state index in [0.29, 0.717) is 23.9 Å². The van der Waals surface area contributed by atoms with E-state index < -0.39 is 10.0 Å². The smallest absolute Gasteiger partial charge is 0.241 e. The molecule has 2 N–H and O–H groups in total. The fourth-order valence-corrected chi connectivity index (χ4v) is 4.87. The Morgan fingerprint density at radius 1 is 1.47 bits per heavy atom. The molecular formula is C12H22N2O2S3. The molecule has 0 fully saturated rings. The molecule has 1 atom stereocenters. The van der Waals surface area contributed by atoms with Crippen molar-refractivity contribution >= 4 is 33.1 Å². The average molecular weight is 323 g/mol. The maximum Gasteiger partial charge on any atom is 0.241 e. The Balaban J connectivity index is 2.69. The van der Waals surface area contributed by atoms with E-state index in [1.54, 1.807) is 17.8 Å². The minimum absolute atomic E-state index is 0.334. The van der Waals surface area contributed by atoms with Crippen LogP contribution < -0.4 is 10.0 Å². The Hall–Kier alpha value is -0.0800. The number of hydrogen-bond donors (Lipinski definition) is 2. The van der Waals surface area contributed by atoms with Crippen molar-refractivity contribution in [1.29, 1.82) is 0 Å². The van der Waals surface area contributed by atoms with E-state index in [0.717, 1.165) is 17.2 Å². The van der Waals surface area contributed by atoms with Gasteiger partial charge in [0.25, 0.3) is 0 Å². The first-order valence-electron chi connectivity index (χ1n) is 6.27. The summed E-state index contributed by atoms with van der Waals surface area (Å²) in [5.41, 5.74) is 0. The summed E-state index contributed by atoms with van der Waals surface area (Å²) in [6, 6.07) is 1.68. The van der Waals surface area contributed by atoms with Crippen molar-refractivity contribution < 1.29 is 8.42 Å². The Labute approximate surface area is 124 Å². The van der Waals surface area contributed by atoms with E-state index in [2.05, 4.69) is 10.0 Å². The van der Waals surface area contributed by atoms with E-state index >= 15 is 0 Å². The summed E-state index contributed by atoms with van der Waals surface area (Å²) in [5, 5.41) is 4.99. The van der Waals surface area contributed by atoms with Gasteiger partial charge in [0.2, 0.25) is 10.0 Å². The number of nitrogens with one attached hydrogen (secondary N) is 2. The number of hydrogen-bond acceptors (Lipinski definition) is 5. The lowest BCUT2D eigenvalue weighted by atomic mass is 10.2. The molecule has 0 aliphatic carbocycles. The van der Waals surface area contributed by atoms with Crippen LogP contribution in [0.3, 0.4) is 0 Å².